The molecule has 0 spiro atoms. The van der Waals surface area contributed by atoms with Crippen LogP contribution in [0.3, 0.4) is 0 Å². The third-order valence-electron chi connectivity index (χ3n) is 2.56. The predicted octanol–water partition coefficient (Wildman–Crippen LogP) is 2.66. The fourth-order valence-corrected chi connectivity index (χ4v) is 1.87. The number of hydrogen-bond acceptors (Lipinski definition) is 4. The molecule has 2 rings (SSSR count). The van der Waals surface area contributed by atoms with E-state index in [2.05, 4.69) is 15.8 Å². The molecule has 0 bridgehead atoms. The smallest absolute Gasteiger partial charge is 0.337 e. The second-order valence-corrected chi connectivity index (χ2v) is 4.65. The Morgan fingerprint density at radius 1 is 1.38 bits per heavy atom. The number of nitrogens with one attached hydrogen (secondary N) is 2. The van der Waals surface area contributed by atoms with Gasteiger partial charge in [-0.3, -0.25) is 0 Å². The molecule has 0 aliphatic rings. The number of nitrogens with zero attached hydrogens (tertiary/aromatic N) is 1. The number of carbonyl (C=O) groups excluding carboxylic acids is 1. The van der Waals surface area contributed by atoms with E-state index in [1.54, 1.807) is 13.0 Å². The molecule has 0 fully saturated rings. The predicted molar refractivity (Wildman–Crippen MR) is 75.5 cm³/mol. The Hall–Kier alpha value is -2.54. The van der Waals surface area contributed by atoms with Crippen LogP contribution < -0.4 is 10.6 Å². The van der Waals surface area contributed by atoms with Crippen LogP contribution >= 0.6 is 11.6 Å². The monoisotopic (exact) mass is 309 g/mol. The van der Waals surface area contributed by atoms with Gasteiger partial charge in [0.1, 0.15) is 0 Å². The second kappa shape index (κ2) is 6.27. The maximum absolute atomic E-state index is 11.7. The van der Waals surface area contributed by atoms with Gasteiger partial charge in [-0.25, -0.2) is 9.59 Å². The minimum atomic E-state index is -1.13. The highest BCUT2D eigenvalue weighted by molar-refractivity contribution is 6.33. The molecule has 1 aromatic carbocycles. The Morgan fingerprint density at radius 2 is 2.14 bits per heavy atom. The minimum Gasteiger partial charge on any atom is -0.478 e. The van der Waals surface area contributed by atoms with Crippen molar-refractivity contribution in [1.82, 2.24) is 10.5 Å². The van der Waals surface area contributed by atoms with Crippen molar-refractivity contribution in [3.63, 3.8) is 0 Å². The molecule has 1 heterocycles. The van der Waals surface area contributed by atoms with Gasteiger partial charge in [-0.2, -0.15) is 0 Å². The van der Waals surface area contributed by atoms with Crippen LogP contribution in [0.1, 0.15) is 21.8 Å². The summed E-state index contributed by atoms with van der Waals surface area (Å²) in [4.78, 5) is 22.5. The standard InChI is InChI=1S/C13H12ClN3O4/c1-7-4-9(21-17-7)6-15-13(20)16-8-2-3-10(12(18)19)11(14)5-8/h2-5H,6H2,1H3,(H,18,19)(H2,15,16,20). The lowest BCUT2D eigenvalue weighted by Gasteiger charge is -2.07. The molecule has 0 unspecified atom stereocenters. The third kappa shape index (κ3) is 3.96. The van der Waals surface area contributed by atoms with Gasteiger partial charge in [0.2, 0.25) is 0 Å². The van der Waals surface area contributed by atoms with Gasteiger partial charge in [-0.1, -0.05) is 16.8 Å². The van der Waals surface area contributed by atoms with Crippen molar-refractivity contribution in [2.45, 2.75) is 13.5 Å². The quantitative estimate of drug-likeness (QED) is 0.805. The molecule has 2 amide bonds. The number of aryl methyl sites for hydroxylation is 1. The summed E-state index contributed by atoms with van der Waals surface area (Å²) in [6.45, 7) is 1.96. The molecule has 21 heavy (non-hydrogen) atoms. The maximum Gasteiger partial charge on any atom is 0.337 e. The van der Waals surface area contributed by atoms with E-state index in [-0.39, 0.29) is 17.1 Å². The minimum absolute atomic E-state index is 0.0280. The van der Waals surface area contributed by atoms with Gasteiger partial charge in [0.25, 0.3) is 0 Å². The molecule has 7 nitrogen and oxygen atoms in total. The van der Waals surface area contributed by atoms with E-state index in [9.17, 15) is 9.59 Å². The summed E-state index contributed by atoms with van der Waals surface area (Å²) in [5.41, 5.74) is 1.08. The van der Waals surface area contributed by atoms with Gasteiger partial charge in [-0.05, 0) is 25.1 Å². The molecule has 2 aromatic rings. The van der Waals surface area contributed by atoms with Crippen LogP contribution in [0.2, 0.25) is 5.02 Å². The number of aromatic nitrogens is 1. The van der Waals surface area contributed by atoms with Crippen molar-refractivity contribution in [1.29, 1.82) is 0 Å². The summed E-state index contributed by atoms with van der Waals surface area (Å²) < 4.78 is 4.95. The van der Waals surface area contributed by atoms with Crippen LogP contribution in [0.15, 0.2) is 28.8 Å². The van der Waals surface area contributed by atoms with Crippen LogP contribution in [0, 0.1) is 6.92 Å². The number of benzene rings is 1. The van der Waals surface area contributed by atoms with E-state index >= 15 is 0 Å². The molecule has 110 valence electrons. The SMILES string of the molecule is Cc1cc(CNC(=O)Nc2ccc(C(=O)O)c(Cl)c2)on1. The molecule has 0 saturated carbocycles. The summed E-state index contributed by atoms with van der Waals surface area (Å²) in [6.07, 6.45) is 0. The molecule has 0 aliphatic carbocycles. The summed E-state index contributed by atoms with van der Waals surface area (Å²) in [5, 5.41) is 17.7. The Kier molecular flexibility index (Phi) is 4.44. The van der Waals surface area contributed by atoms with E-state index in [0.717, 1.165) is 5.69 Å². The molecular formula is C13H12ClN3O4. The lowest BCUT2D eigenvalue weighted by atomic mass is 10.2. The number of halogens is 1. The summed E-state index contributed by atoms with van der Waals surface area (Å²) in [5.74, 6) is -0.599. The number of carbonyl (C=O) groups is 2. The Morgan fingerprint density at radius 3 is 2.71 bits per heavy atom. The number of aromatic carboxylic acids is 1. The number of hydrogen-bond donors (Lipinski definition) is 3. The highest BCUT2D eigenvalue weighted by Gasteiger charge is 2.10. The Labute approximate surface area is 124 Å². The van der Waals surface area contributed by atoms with E-state index in [1.807, 2.05) is 0 Å². The first-order chi connectivity index (χ1) is 9.95. The molecule has 8 heteroatoms. The number of amides is 2. The number of anilines is 1. The zero-order valence-electron chi connectivity index (χ0n) is 11.0. The summed E-state index contributed by atoms with van der Waals surface area (Å²) in [6, 6.07) is 5.37. The average Bonchev–Trinajstić information content (AvgIpc) is 2.82. The third-order valence-corrected chi connectivity index (χ3v) is 2.87. The Bertz CT molecular complexity index is 684. The zero-order valence-corrected chi connectivity index (χ0v) is 11.8. The van der Waals surface area contributed by atoms with E-state index in [0.29, 0.717) is 11.4 Å². The van der Waals surface area contributed by atoms with Crippen LogP contribution in [0.4, 0.5) is 10.5 Å². The van der Waals surface area contributed by atoms with Crippen molar-refractivity contribution in [2.24, 2.45) is 0 Å². The molecular weight excluding hydrogens is 298 g/mol. The first-order valence-electron chi connectivity index (χ1n) is 5.95. The van der Waals surface area contributed by atoms with Crippen molar-refractivity contribution in [3.8, 4) is 0 Å². The molecule has 0 atom stereocenters. The van der Waals surface area contributed by atoms with Crippen LogP contribution in [-0.4, -0.2) is 22.3 Å². The molecule has 1 aromatic heterocycles. The van der Waals surface area contributed by atoms with Gasteiger partial charge < -0.3 is 20.3 Å². The molecule has 0 aliphatic heterocycles. The number of urea groups is 1. The molecule has 0 saturated heterocycles. The first-order valence-corrected chi connectivity index (χ1v) is 6.33. The van der Waals surface area contributed by atoms with E-state index in [4.69, 9.17) is 21.2 Å². The van der Waals surface area contributed by atoms with Gasteiger partial charge in [-0.15, -0.1) is 0 Å². The first kappa shape index (κ1) is 14.9. The Balaban J connectivity index is 1.93. The van der Waals surface area contributed by atoms with Crippen molar-refractivity contribution in [3.05, 3.63) is 46.3 Å². The largest absolute Gasteiger partial charge is 0.478 e. The van der Waals surface area contributed by atoms with Crippen LogP contribution in [0.25, 0.3) is 0 Å². The van der Waals surface area contributed by atoms with Crippen molar-refractivity contribution in [2.75, 3.05) is 5.32 Å². The lowest BCUT2D eigenvalue weighted by molar-refractivity contribution is 0.0697. The van der Waals surface area contributed by atoms with E-state index < -0.39 is 12.0 Å². The van der Waals surface area contributed by atoms with Crippen LogP contribution in [-0.2, 0) is 6.54 Å². The lowest BCUT2D eigenvalue weighted by Crippen LogP contribution is -2.28. The van der Waals surface area contributed by atoms with Gasteiger partial charge in [0, 0.05) is 11.8 Å². The van der Waals surface area contributed by atoms with Crippen molar-refractivity contribution < 1.29 is 19.2 Å². The summed E-state index contributed by atoms with van der Waals surface area (Å²) >= 11 is 5.81. The highest BCUT2D eigenvalue weighted by atomic mass is 35.5. The fourth-order valence-electron chi connectivity index (χ4n) is 1.61. The maximum atomic E-state index is 11.7. The summed E-state index contributed by atoms with van der Waals surface area (Å²) in [7, 11) is 0. The normalized spacial score (nSPS) is 10.2. The average molecular weight is 310 g/mol. The number of rotatable bonds is 4. The van der Waals surface area contributed by atoms with Gasteiger partial charge in [0.15, 0.2) is 5.76 Å². The topological polar surface area (TPSA) is 104 Å². The zero-order chi connectivity index (χ0) is 15.4. The van der Waals surface area contributed by atoms with Gasteiger partial charge in [0.05, 0.1) is 22.8 Å². The van der Waals surface area contributed by atoms with Gasteiger partial charge >= 0.3 is 12.0 Å². The second-order valence-electron chi connectivity index (χ2n) is 4.24. The number of carboxylic acids is 1. The van der Waals surface area contributed by atoms with E-state index in [1.165, 1.54) is 18.2 Å². The fraction of sp³-hybridized carbons (Fsp3) is 0.154. The number of carboxylic acid groups (broad SMARTS) is 1. The van der Waals surface area contributed by atoms with Crippen LogP contribution in [0.5, 0.6) is 0 Å². The highest BCUT2D eigenvalue weighted by Crippen LogP contribution is 2.20. The molecule has 3 N–H and O–H groups in total. The van der Waals surface area contributed by atoms with Crippen molar-refractivity contribution >= 4 is 29.3 Å². The molecule has 0 radical (unpaired) electrons.